The first-order valence-electron chi connectivity index (χ1n) is 7.82. The lowest BCUT2D eigenvalue weighted by atomic mass is 10.1. The minimum Gasteiger partial charge on any atom is -0.396 e. The molecule has 0 radical (unpaired) electrons. The summed E-state index contributed by atoms with van der Waals surface area (Å²) in [6, 6.07) is 3.93. The van der Waals surface area contributed by atoms with Crippen LogP contribution in [-0.2, 0) is 0 Å². The molecule has 0 saturated carbocycles. The van der Waals surface area contributed by atoms with Crippen molar-refractivity contribution in [3.8, 4) is 11.3 Å². The highest BCUT2D eigenvalue weighted by molar-refractivity contribution is 7.14. The number of amides is 2. The van der Waals surface area contributed by atoms with Gasteiger partial charge in [-0.05, 0) is 37.8 Å². The fraction of sp³-hybridized carbons (Fsp3) is 0.438. The molecule has 1 unspecified atom stereocenters. The summed E-state index contributed by atoms with van der Waals surface area (Å²) in [5.41, 5.74) is 1.75. The number of aliphatic hydroxyl groups excluding tert-OH is 1. The molecular weight excluding hydrogens is 312 g/mol. The maximum Gasteiger partial charge on any atom is 0.323 e. The first kappa shape index (κ1) is 15.9. The van der Waals surface area contributed by atoms with E-state index in [-0.39, 0.29) is 18.7 Å². The summed E-state index contributed by atoms with van der Waals surface area (Å²) < 4.78 is 0. The SMILES string of the molecule is O=C(Nc1nc(-c2cccnc2)cs1)N1CCCC1CCCO. The second kappa shape index (κ2) is 7.52. The standard InChI is InChI=1S/C16H20N4O2S/c21-9-3-6-13-5-2-8-20(13)16(22)19-15-18-14(11-23-15)12-4-1-7-17-10-12/h1,4,7,10-11,13,21H,2-3,5-6,8-9H2,(H,18,19,22). The number of nitrogens with one attached hydrogen (secondary N) is 1. The van der Waals surface area contributed by atoms with E-state index in [1.54, 1.807) is 12.4 Å². The maximum absolute atomic E-state index is 12.4. The molecule has 2 aromatic rings. The van der Waals surface area contributed by atoms with E-state index in [0.29, 0.717) is 5.13 Å². The average Bonchev–Trinajstić information content (AvgIpc) is 3.23. The number of nitrogens with zero attached hydrogens (tertiary/aromatic N) is 3. The molecule has 1 fully saturated rings. The van der Waals surface area contributed by atoms with Crippen LogP contribution in [0.25, 0.3) is 11.3 Å². The van der Waals surface area contributed by atoms with E-state index in [9.17, 15) is 4.79 Å². The molecule has 0 aromatic carbocycles. The van der Waals surface area contributed by atoms with Crippen molar-refractivity contribution in [3.63, 3.8) is 0 Å². The van der Waals surface area contributed by atoms with Crippen molar-refractivity contribution in [2.45, 2.75) is 31.7 Å². The van der Waals surface area contributed by atoms with Crippen LogP contribution in [0.4, 0.5) is 9.93 Å². The van der Waals surface area contributed by atoms with E-state index in [2.05, 4.69) is 15.3 Å². The minimum absolute atomic E-state index is 0.0995. The van der Waals surface area contributed by atoms with E-state index < -0.39 is 0 Å². The Labute approximate surface area is 139 Å². The van der Waals surface area contributed by atoms with E-state index in [1.807, 2.05) is 22.4 Å². The average molecular weight is 332 g/mol. The van der Waals surface area contributed by atoms with Crippen LogP contribution in [0.5, 0.6) is 0 Å². The number of rotatable bonds is 5. The van der Waals surface area contributed by atoms with Crippen molar-refractivity contribution in [2.75, 3.05) is 18.5 Å². The van der Waals surface area contributed by atoms with Crippen LogP contribution in [0.15, 0.2) is 29.9 Å². The van der Waals surface area contributed by atoms with Crippen LogP contribution in [0.2, 0.25) is 0 Å². The van der Waals surface area contributed by atoms with Crippen molar-refractivity contribution in [1.29, 1.82) is 0 Å². The quantitative estimate of drug-likeness (QED) is 0.882. The molecule has 3 rings (SSSR count). The minimum atomic E-state index is -0.0995. The molecule has 3 heterocycles. The summed E-state index contributed by atoms with van der Waals surface area (Å²) in [5.74, 6) is 0. The van der Waals surface area contributed by atoms with Crippen LogP contribution in [0.1, 0.15) is 25.7 Å². The number of carbonyl (C=O) groups excluding carboxylic acids is 1. The van der Waals surface area contributed by atoms with Crippen LogP contribution < -0.4 is 5.32 Å². The Hall–Kier alpha value is -1.99. The number of urea groups is 1. The van der Waals surface area contributed by atoms with E-state index >= 15 is 0 Å². The number of anilines is 1. The fourth-order valence-corrected chi connectivity index (χ4v) is 3.58. The summed E-state index contributed by atoms with van der Waals surface area (Å²) in [5, 5.41) is 14.4. The summed E-state index contributed by atoms with van der Waals surface area (Å²) in [4.78, 5) is 22.8. The lowest BCUT2D eigenvalue weighted by Gasteiger charge is -2.24. The van der Waals surface area contributed by atoms with Crippen molar-refractivity contribution < 1.29 is 9.90 Å². The first-order chi connectivity index (χ1) is 11.3. The van der Waals surface area contributed by atoms with Crippen molar-refractivity contribution >= 4 is 22.5 Å². The molecular formula is C16H20N4O2S. The van der Waals surface area contributed by atoms with Gasteiger partial charge in [0.2, 0.25) is 0 Å². The highest BCUT2D eigenvalue weighted by Crippen LogP contribution is 2.26. The molecule has 23 heavy (non-hydrogen) atoms. The molecule has 1 atom stereocenters. The van der Waals surface area contributed by atoms with E-state index in [4.69, 9.17) is 5.11 Å². The molecule has 1 saturated heterocycles. The predicted molar refractivity (Wildman–Crippen MR) is 90.4 cm³/mol. The van der Waals surface area contributed by atoms with Gasteiger partial charge in [-0.15, -0.1) is 11.3 Å². The van der Waals surface area contributed by atoms with E-state index in [0.717, 1.165) is 43.5 Å². The Morgan fingerprint density at radius 2 is 2.43 bits per heavy atom. The Morgan fingerprint density at radius 3 is 3.22 bits per heavy atom. The van der Waals surface area contributed by atoms with Gasteiger partial charge in [0.05, 0.1) is 5.69 Å². The lowest BCUT2D eigenvalue weighted by molar-refractivity contribution is 0.197. The third-order valence-corrected chi connectivity index (χ3v) is 4.77. The second-order valence-electron chi connectivity index (χ2n) is 5.57. The van der Waals surface area contributed by atoms with Gasteiger partial charge >= 0.3 is 6.03 Å². The normalized spacial score (nSPS) is 17.4. The Morgan fingerprint density at radius 1 is 1.52 bits per heavy atom. The van der Waals surface area contributed by atoms with Gasteiger partial charge in [0, 0.05) is 42.5 Å². The molecule has 2 aromatic heterocycles. The van der Waals surface area contributed by atoms with Gasteiger partial charge in [-0.2, -0.15) is 0 Å². The van der Waals surface area contributed by atoms with Gasteiger partial charge in [0.15, 0.2) is 5.13 Å². The fourth-order valence-electron chi connectivity index (χ4n) is 2.87. The number of aliphatic hydroxyl groups is 1. The largest absolute Gasteiger partial charge is 0.396 e. The van der Waals surface area contributed by atoms with Gasteiger partial charge < -0.3 is 10.0 Å². The summed E-state index contributed by atoms with van der Waals surface area (Å²) in [6.07, 6.45) is 7.08. The van der Waals surface area contributed by atoms with Gasteiger partial charge in [0.1, 0.15) is 0 Å². The van der Waals surface area contributed by atoms with Gasteiger partial charge in [-0.3, -0.25) is 10.3 Å². The third-order valence-electron chi connectivity index (χ3n) is 4.01. The number of thiazole rings is 1. The molecule has 6 nitrogen and oxygen atoms in total. The van der Waals surface area contributed by atoms with Crippen LogP contribution in [-0.4, -0.2) is 45.2 Å². The summed E-state index contributed by atoms with van der Waals surface area (Å²) in [6.45, 7) is 0.940. The van der Waals surface area contributed by atoms with Crippen molar-refractivity contribution in [2.24, 2.45) is 0 Å². The number of aromatic nitrogens is 2. The van der Waals surface area contributed by atoms with Gasteiger partial charge in [-0.1, -0.05) is 0 Å². The van der Waals surface area contributed by atoms with Gasteiger partial charge in [-0.25, -0.2) is 9.78 Å². The molecule has 1 aliphatic heterocycles. The third kappa shape index (κ3) is 3.86. The molecule has 2 N–H and O–H groups in total. The Kier molecular flexibility index (Phi) is 5.19. The van der Waals surface area contributed by atoms with Crippen molar-refractivity contribution in [1.82, 2.24) is 14.9 Å². The molecule has 0 bridgehead atoms. The smallest absolute Gasteiger partial charge is 0.323 e. The summed E-state index contributed by atoms with van der Waals surface area (Å²) in [7, 11) is 0. The number of pyridine rings is 1. The predicted octanol–water partition coefficient (Wildman–Crippen LogP) is 2.97. The first-order valence-corrected chi connectivity index (χ1v) is 8.70. The van der Waals surface area contributed by atoms with Gasteiger partial charge in [0.25, 0.3) is 0 Å². The molecule has 122 valence electrons. The topological polar surface area (TPSA) is 78.4 Å². The zero-order valence-electron chi connectivity index (χ0n) is 12.8. The van der Waals surface area contributed by atoms with Crippen LogP contribution >= 0.6 is 11.3 Å². The maximum atomic E-state index is 12.4. The number of hydrogen-bond acceptors (Lipinski definition) is 5. The molecule has 7 heteroatoms. The van der Waals surface area contributed by atoms with E-state index in [1.165, 1.54) is 11.3 Å². The lowest BCUT2D eigenvalue weighted by Crippen LogP contribution is -2.38. The molecule has 0 spiro atoms. The Bertz CT molecular complexity index is 647. The number of hydrogen-bond donors (Lipinski definition) is 2. The van der Waals surface area contributed by atoms with Crippen molar-refractivity contribution in [3.05, 3.63) is 29.9 Å². The van der Waals surface area contributed by atoms with Crippen LogP contribution in [0, 0.1) is 0 Å². The molecule has 0 aliphatic carbocycles. The molecule has 1 aliphatic rings. The van der Waals surface area contributed by atoms with Crippen LogP contribution in [0.3, 0.4) is 0 Å². The summed E-state index contributed by atoms with van der Waals surface area (Å²) >= 11 is 1.41. The zero-order valence-corrected chi connectivity index (χ0v) is 13.6. The highest BCUT2D eigenvalue weighted by atomic mass is 32.1. The Balaban J connectivity index is 1.63. The zero-order chi connectivity index (χ0) is 16.1. The second-order valence-corrected chi connectivity index (χ2v) is 6.42. The molecule has 2 amide bonds. The number of likely N-dealkylation sites (tertiary alicyclic amines) is 1. The highest BCUT2D eigenvalue weighted by Gasteiger charge is 2.28. The monoisotopic (exact) mass is 332 g/mol. The number of carbonyl (C=O) groups is 1.